The van der Waals surface area contributed by atoms with E-state index in [9.17, 15) is 4.79 Å². The monoisotopic (exact) mass is 238 g/mol. The van der Waals surface area contributed by atoms with E-state index in [0.717, 1.165) is 0 Å². The summed E-state index contributed by atoms with van der Waals surface area (Å²) in [5.74, 6) is -0.400. The Morgan fingerprint density at radius 1 is 1.33 bits per heavy atom. The van der Waals surface area contributed by atoms with Crippen LogP contribution in [0.5, 0.6) is 0 Å². The van der Waals surface area contributed by atoms with Gasteiger partial charge in [-0.25, -0.2) is 4.98 Å². The van der Waals surface area contributed by atoms with Gasteiger partial charge in [0.25, 0.3) is 5.91 Å². The van der Waals surface area contributed by atoms with Gasteiger partial charge in [-0.2, -0.15) is 5.26 Å². The van der Waals surface area contributed by atoms with Gasteiger partial charge in [0.05, 0.1) is 17.3 Å². The lowest BCUT2D eigenvalue weighted by atomic mass is 10.2. The van der Waals surface area contributed by atoms with E-state index in [0.29, 0.717) is 16.9 Å². The van der Waals surface area contributed by atoms with E-state index < -0.39 is 5.91 Å². The molecule has 1 heterocycles. The highest BCUT2D eigenvalue weighted by atomic mass is 16.1. The largest absolute Gasteiger partial charge is 0.397 e. The Labute approximate surface area is 104 Å². The Morgan fingerprint density at radius 3 is 2.89 bits per heavy atom. The molecule has 1 amide bonds. The molecule has 1 aromatic heterocycles. The maximum Gasteiger partial charge on any atom is 0.276 e. The normalized spacial score (nSPS) is 9.50. The number of hydrogen-bond donors (Lipinski definition) is 2. The summed E-state index contributed by atoms with van der Waals surface area (Å²) in [5, 5.41) is 11.4. The number of nitrogens with two attached hydrogens (primary N) is 1. The van der Waals surface area contributed by atoms with Gasteiger partial charge in [0, 0.05) is 11.9 Å². The molecular weight excluding hydrogens is 228 g/mol. The molecule has 0 aliphatic rings. The molecule has 0 unspecified atom stereocenters. The average Bonchev–Trinajstić information content (AvgIpc) is 2.39. The second kappa shape index (κ2) is 4.97. The summed E-state index contributed by atoms with van der Waals surface area (Å²) in [6.07, 6.45) is 1.50. The molecule has 2 aromatic rings. The van der Waals surface area contributed by atoms with Gasteiger partial charge in [-0.1, -0.05) is 6.07 Å². The lowest BCUT2D eigenvalue weighted by molar-refractivity contribution is 0.102. The fraction of sp³-hybridized carbons (Fsp3) is 0. The van der Waals surface area contributed by atoms with Crippen LogP contribution < -0.4 is 11.1 Å². The predicted molar refractivity (Wildman–Crippen MR) is 67.8 cm³/mol. The minimum absolute atomic E-state index is 0.167. The van der Waals surface area contributed by atoms with Crippen LogP contribution in [0, 0.1) is 11.3 Å². The fourth-order valence-corrected chi connectivity index (χ4v) is 1.46. The van der Waals surface area contributed by atoms with Gasteiger partial charge in [-0.3, -0.25) is 4.79 Å². The van der Waals surface area contributed by atoms with Crippen LogP contribution in [0.2, 0.25) is 0 Å². The molecule has 1 aromatic carbocycles. The van der Waals surface area contributed by atoms with E-state index in [-0.39, 0.29) is 5.69 Å². The second-order valence-electron chi connectivity index (χ2n) is 3.59. The minimum Gasteiger partial charge on any atom is -0.397 e. The zero-order valence-electron chi connectivity index (χ0n) is 9.42. The van der Waals surface area contributed by atoms with Crippen LogP contribution in [0.1, 0.15) is 16.1 Å². The number of amides is 1. The van der Waals surface area contributed by atoms with E-state index >= 15 is 0 Å². The van der Waals surface area contributed by atoms with Crippen molar-refractivity contribution in [1.82, 2.24) is 4.98 Å². The van der Waals surface area contributed by atoms with E-state index in [4.69, 9.17) is 11.0 Å². The fourth-order valence-electron chi connectivity index (χ4n) is 1.46. The summed E-state index contributed by atoms with van der Waals surface area (Å²) in [7, 11) is 0. The number of pyridine rings is 1. The summed E-state index contributed by atoms with van der Waals surface area (Å²) in [6.45, 7) is 0. The number of nitrogens with zero attached hydrogens (tertiary/aromatic N) is 2. The molecule has 88 valence electrons. The number of hydrogen-bond acceptors (Lipinski definition) is 4. The Morgan fingerprint density at radius 2 is 2.17 bits per heavy atom. The lowest BCUT2D eigenvalue weighted by Gasteiger charge is -2.06. The molecule has 0 saturated carbocycles. The number of carbonyl (C=O) groups is 1. The molecule has 0 bridgehead atoms. The number of nitrogens with one attached hydrogen (secondary N) is 1. The van der Waals surface area contributed by atoms with Crippen molar-refractivity contribution >= 4 is 17.3 Å². The summed E-state index contributed by atoms with van der Waals surface area (Å²) in [5.41, 5.74) is 7.14. The molecule has 0 saturated heterocycles. The van der Waals surface area contributed by atoms with Crippen molar-refractivity contribution in [3.05, 3.63) is 53.9 Å². The third-order valence-corrected chi connectivity index (χ3v) is 2.30. The maximum absolute atomic E-state index is 11.9. The molecule has 2 rings (SSSR count). The second-order valence-corrected chi connectivity index (χ2v) is 3.59. The number of benzene rings is 1. The van der Waals surface area contributed by atoms with Crippen molar-refractivity contribution < 1.29 is 4.79 Å². The van der Waals surface area contributed by atoms with Crippen LogP contribution in [-0.2, 0) is 0 Å². The van der Waals surface area contributed by atoms with Gasteiger partial charge in [0.2, 0.25) is 0 Å². The van der Waals surface area contributed by atoms with Crippen molar-refractivity contribution in [2.75, 3.05) is 11.1 Å². The third-order valence-electron chi connectivity index (χ3n) is 2.30. The molecule has 0 aliphatic heterocycles. The molecule has 0 aliphatic carbocycles. The summed E-state index contributed by atoms with van der Waals surface area (Å²) in [4.78, 5) is 15.8. The smallest absolute Gasteiger partial charge is 0.276 e. The van der Waals surface area contributed by atoms with E-state index in [1.54, 1.807) is 36.4 Å². The van der Waals surface area contributed by atoms with Crippen LogP contribution in [0.25, 0.3) is 0 Å². The van der Waals surface area contributed by atoms with Crippen molar-refractivity contribution in [2.45, 2.75) is 0 Å². The number of anilines is 2. The zero-order valence-corrected chi connectivity index (χ0v) is 9.42. The molecular formula is C13H10N4O. The summed E-state index contributed by atoms with van der Waals surface area (Å²) < 4.78 is 0. The quantitative estimate of drug-likeness (QED) is 0.834. The van der Waals surface area contributed by atoms with E-state index in [2.05, 4.69) is 10.3 Å². The first-order valence-electron chi connectivity index (χ1n) is 5.22. The molecule has 0 atom stereocenters. The van der Waals surface area contributed by atoms with Crippen LogP contribution in [-0.4, -0.2) is 10.9 Å². The number of carbonyl (C=O) groups excluding carboxylic acids is 1. The van der Waals surface area contributed by atoms with Gasteiger partial charge in [-0.05, 0) is 30.3 Å². The van der Waals surface area contributed by atoms with Crippen molar-refractivity contribution in [3.8, 4) is 6.07 Å². The maximum atomic E-state index is 11.9. The number of rotatable bonds is 2. The Kier molecular flexibility index (Phi) is 3.21. The van der Waals surface area contributed by atoms with Crippen molar-refractivity contribution in [3.63, 3.8) is 0 Å². The SMILES string of the molecule is N#Cc1cccc(NC(=O)c2ncccc2N)c1. The van der Waals surface area contributed by atoms with Gasteiger partial charge in [0.1, 0.15) is 0 Å². The first kappa shape index (κ1) is 11.6. The van der Waals surface area contributed by atoms with Crippen molar-refractivity contribution in [1.29, 1.82) is 5.26 Å². The van der Waals surface area contributed by atoms with Gasteiger partial charge >= 0.3 is 0 Å². The molecule has 0 radical (unpaired) electrons. The third kappa shape index (κ3) is 2.44. The number of nitrogen functional groups attached to an aromatic ring is 1. The standard InChI is InChI=1S/C13H10N4O/c14-8-9-3-1-4-10(7-9)17-13(18)12-11(15)5-2-6-16-12/h1-7H,15H2,(H,17,18). The number of aromatic nitrogens is 1. The number of nitriles is 1. The highest BCUT2D eigenvalue weighted by Crippen LogP contribution is 2.13. The summed E-state index contributed by atoms with van der Waals surface area (Å²) >= 11 is 0. The first-order chi connectivity index (χ1) is 8.70. The molecule has 0 spiro atoms. The van der Waals surface area contributed by atoms with Crippen LogP contribution in [0.3, 0.4) is 0 Å². The average molecular weight is 238 g/mol. The highest BCUT2D eigenvalue weighted by Gasteiger charge is 2.10. The minimum atomic E-state index is -0.400. The predicted octanol–water partition coefficient (Wildman–Crippen LogP) is 1.79. The Hall–Kier alpha value is -2.87. The van der Waals surface area contributed by atoms with Gasteiger partial charge in [-0.15, -0.1) is 0 Å². The van der Waals surface area contributed by atoms with Gasteiger partial charge < -0.3 is 11.1 Å². The van der Waals surface area contributed by atoms with Crippen molar-refractivity contribution in [2.24, 2.45) is 0 Å². The van der Waals surface area contributed by atoms with Gasteiger partial charge in [0.15, 0.2) is 5.69 Å². The molecule has 18 heavy (non-hydrogen) atoms. The van der Waals surface area contributed by atoms with Crippen LogP contribution in [0.4, 0.5) is 11.4 Å². The zero-order chi connectivity index (χ0) is 13.0. The molecule has 5 heteroatoms. The van der Waals surface area contributed by atoms with E-state index in [1.807, 2.05) is 6.07 Å². The lowest BCUT2D eigenvalue weighted by Crippen LogP contribution is -2.15. The van der Waals surface area contributed by atoms with Crippen LogP contribution in [0.15, 0.2) is 42.6 Å². The van der Waals surface area contributed by atoms with Crippen LogP contribution >= 0.6 is 0 Å². The molecule has 3 N–H and O–H groups in total. The Balaban J connectivity index is 2.22. The summed E-state index contributed by atoms with van der Waals surface area (Å²) in [6, 6.07) is 11.9. The topological polar surface area (TPSA) is 91.8 Å². The molecule has 0 fully saturated rings. The first-order valence-corrected chi connectivity index (χ1v) is 5.22. The highest BCUT2D eigenvalue weighted by molar-refractivity contribution is 6.06. The molecule has 5 nitrogen and oxygen atoms in total. The van der Waals surface area contributed by atoms with E-state index in [1.165, 1.54) is 6.20 Å². The Bertz CT molecular complexity index is 631.